The van der Waals surface area contributed by atoms with E-state index in [-0.39, 0.29) is 5.78 Å². The Labute approximate surface area is 85.7 Å². The number of carbonyl (C=O) groups is 1. The quantitative estimate of drug-likeness (QED) is 0.556. The van der Waals surface area contributed by atoms with E-state index < -0.39 is 12.4 Å². The molecule has 0 aliphatic rings. The number of rotatable bonds is 3. The Bertz CT molecular complexity index is 379. The van der Waals surface area contributed by atoms with Crippen molar-refractivity contribution in [1.82, 2.24) is 0 Å². The van der Waals surface area contributed by atoms with Gasteiger partial charge in [0.15, 0.2) is 5.78 Å². The molecule has 0 fully saturated rings. The van der Waals surface area contributed by atoms with E-state index in [2.05, 4.69) is 0 Å². The first-order valence-electron chi connectivity index (χ1n) is 4.38. The minimum absolute atomic E-state index is 0.140. The predicted octanol–water partition coefficient (Wildman–Crippen LogP) is 2.34. The predicted molar refractivity (Wildman–Crippen MR) is 54.9 cm³/mol. The highest BCUT2D eigenvalue weighted by molar-refractivity contribution is 6.73. The molecule has 0 aliphatic carbocycles. The first kappa shape index (κ1) is 11.6. The molecule has 0 amide bonds. The molecule has 0 heterocycles. The molecule has 80 valence electrons. The van der Waals surface area contributed by atoms with Crippen molar-refractivity contribution >= 4 is 24.3 Å². The Hall–Kier alpha value is -1.52. The summed E-state index contributed by atoms with van der Waals surface area (Å²) in [6.07, 6.45) is 2.79. The van der Waals surface area contributed by atoms with Crippen LogP contribution < -0.4 is 5.46 Å². The highest BCUT2D eigenvalue weighted by atomic mass is 19.4. The molecule has 0 spiro atoms. The maximum atomic E-state index is 12.2. The monoisotopic (exact) mass is 213 g/mol. The van der Waals surface area contributed by atoms with Gasteiger partial charge in [-0.05, 0) is 18.6 Å². The van der Waals surface area contributed by atoms with Crippen LogP contribution >= 0.6 is 0 Å². The minimum Gasteiger partial charge on any atom is -0.445 e. The second-order valence-electron chi connectivity index (χ2n) is 3.19. The summed E-state index contributed by atoms with van der Waals surface area (Å²) in [4.78, 5) is 10.6. The number of hydrogen-bond acceptors (Lipinski definition) is 1. The van der Waals surface area contributed by atoms with E-state index >= 15 is 0 Å². The molecule has 0 saturated carbocycles. The van der Waals surface area contributed by atoms with Gasteiger partial charge in [-0.25, -0.2) is 0 Å². The lowest BCUT2D eigenvalue weighted by Gasteiger charge is -2.14. The maximum Gasteiger partial charge on any atom is 0.509 e. The fraction of sp³-hybridized carbons (Fsp3) is 0.100. The van der Waals surface area contributed by atoms with Gasteiger partial charge in [-0.2, -0.15) is 0 Å². The summed E-state index contributed by atoms with van der Waals surface area (Å²) < 4.78 is 36.7. The smallest absolute Gasteiger partial charge is 0.445 e. The van der Waals surface area contributed by atoms with Gasteiger partial charge in [0, 0.05) is 0 Å². The fourth-order valence-corrected chi connectivity index (χ4v) is 1.04. The average molecular weight is 213 g/mol. The molecule has 0 unspecified atom stereocenters. The molecule has 1 aromatic rings. The number of allylic oxidation sites excluding steroid dienone is 1. The van der Waals surface area contributed by atoms with Gasteiger partial charge >= 0.3 is 6.98 Å². The first-order chi connectivity index (χ1) is 6.89. The number of benzene rings is 1. The lowest BCUT2D eigenvalue weighted by molar-refractivity contribution is -0.112. The van der Waals surface area contributed by atoms with E-state index in [1.807, 2.05) is 0 Å². The molecular weight excluding hydrogens is 204 g/mol. The first-order valence-corrected chi connectivity index (χ1v) is 4.38. The van der Waals surface area contributed by atoms with E-state index in [9.17, 15) is 17.7 Å². The number of hydrogen-bond donors (Lipinski definition) is 0. The molecule has 0 radical (unpaired) electrons. The normalized spacial score (nSPS) is 12.0. The zero-order chi connectivity index (χ0) is 11.5. The summed E-state index contributed by atoms with van der Waals surface area (Å²) in [6.45, 7) is -3.56. The highest BCUT2D eigenvalue weighted by Crippen LogP contribution is 2.10. The Morgan fingerprint density at radius 1 is 1.20 bits per heavy atom. The molecule has 0 bridgehead atoms. The number of halogens is 3. The van der Waals surface area contributed by atoms with Gasteiger partial charge in [0.05, 0.1) is 0 Å². The standard InChI is InChI=1S/C10H9BF3O/c1-8(15)2-3-9-4-6-10(7-5-9)11(12,13)14/h2-7H,1H3/q-1/b3-2+. The maximum absolute atomic E-state index is 12.2. The van der Waals surface area contributed by atoms with Crippen LogP contribution in [0.25, 0.3) is 6.08 Å². The number of ketones is 1. The van der Waals surface area contributed by atoms with Crippen LogP contribution in [0.4, 0.5) is 12.9 Å². The Balaban J connectivity index is 2.86. The molecule has 5 heteroatoms. The van der Waals surface area contributed by atoms with Crippen molar-refractivity contribution < 1.29 is 17.7 Å². The Morgan fingerprint density at radius 2 is 1.73 bits per heavy atom. The van der Waals surface area contributed by atoms with Gasteiger partial charge in [-0.3, -0.25) is 4.79 Å². The lowest BCUT2D eigenvalue weighted by atomic mass is 9.80. The lowest BCUT2D eigenvalue weighted by Crippen LogP contribution is -2.33. The topological polar surface area (TPSA) is 17.1 Å². The van der Waals surface area contributed by atoms with E-state index in [0.29, 0.717) is 5.56 Å². The molecule has 15 heavy (non-hydrogen) atoms. The van der Waals surface area contributed by atoms with Gasteiger partial charge in [0.1, 0.15) is 0 Å². The summed E-state index contributed by atoms with van der Waals surface area (Å²) >= 11 is 0. The molecule has 0 aliphatic heterocycles. The van der Waals surface area contributed by atoms with Crippen LogP contribution in [-0.4, -0.2) is 12.8 Å². The van der Waals surface area contributed by atoms with Crippen LogP contribution in [0.2, 0.25) is 0 Å². The summed E-state index contributed by atoms with van der Waals surface area (Å²) in [7, 11) is 0. The van der Waals surface area contributed by atoms with Gasteiger partial charge in [0.2, 0.25) is 0 Å². The van der Waals surface area contributed by atoms with E-state index in [4.69, 9.17) is 0 Å². The Morgan fingerprint density at radius 3 is 2.13 bits per heavy atom. The van der Waals surface area contributed by atoms with Crippen molar-refractivity contribution in [1.29, 1.82) is 0 Å². The molecule has 0 N–H and O–H groups in total. The largest absolute Gasteiger partial charge is 0.509 e. The van der Waals surface area contributed by atoms with Crippen molar-refractivity contribution in [3.8, 4) is 0 Å². The van der Waals surface area contributed by atoms with Crippen LogP contribution in [0, 0.1) is 0 Å². The molecular formula is C10H9BF3O-. The average Bonchev–Trinajstić information content (AvgIpc) is 2.14. The zero-order valence-corrected chi connectivity index (χ0v) is 8.08. The molecule has 1 rings (SSSR count). The molecule has 0 saturated heterocycles. The van der Waals surface area contributed by atoms with Crippen molar-refractivity contribution in [3.05, 3.63) is 35.9 Å². The van der Waals surface area contributed by atoms with Crippen LogP contribution in [0.3, 0.4) is 0 Å². The third-order valence-electron chi connectivity index (χ3n) is 1.82. The summed E-state index contributed by atoms with van der Waals surface area (Å²) in [5, 5.41) is 0. The van der Waals surface area contributed by atoms with Crippen molar-refractivity contribution in [2.75, 3.05) is 0 Å². The Kier molecular flexibility index (Phi) is 3.34. The molecule has 1 nitrogen and oxygen atoms in total. The summed E-state index contributed by atoms with van der Waals surface area (Å²) in [5.74, 6) is -0.140. The van der Waals surface area contributed by atoms with Gasteiger partial charge in [0.25, 0.3) is 0 Å². The van der Waals surface area contributed by atoms with Crippen molar-refractivity contribution in [2.45, 2.75) is 6.92 Å². The third-order valence-corrected chi connectivity index (χ3v) is 1.82. The van der Waals surface area contributed by atoms with E-state index in [1.165, 1.54) is 31.2 Å². The third kappa shape index (κ3) is 3.62. The summed E-state index contributed by atoms with van der Waals surface area (Å²) in [6, 6.07) is 4.70. The highest BCUT2D eigenvalue weighted by Gasteiger charge is 2.24. The second kappa shape index (κ2) is 4.34. The molecule has 0 aromatic heterocycles. The molecule has 0 atom stereocenters. The van der Waals surface area contributed by atoms with Crippen molar-refractivity contribution in [3.63, 3.8) is 0 Å². The SMILES string of the molecule is CC(=O)/C=C/c1ccc([B-](F)(F)F)cc1. The van der Waals surface area contributed by atoms with Crippen molar-refractivity contribution in [2.24, 2.45) is 0 Å². The second-order valence-corrected chi connectivity index (χ2v) is 3.19. The van der Waals surface area contributed by atoms with E-state index in [1.54, 1.807) is 0 Å². The van der Waals surface area contributed by atoms with E-state index in [0.717, 1.165) is 12.1 Å². The minimum atomic E-state index is -4.94. The van der Waals surface area contributed by atoms with Crippen LogP contribution in [0.1, 0.15) is 12.5 Å². The van der Waals surface area contributed by atoms with Gasteiger partial charge in [-0.15, -0.1) is 5.46 Å². The van der Waals surface area contributed by atoms with Crippen LogP contribution in [-0.2, 0) is 4.79 Å². The molecule has 1 aromatic carbocycles. The summed E-state index contributed by atoms with van der Waals surface area (Å²) in [5.41, 5.74) is -0.0519. The van der Waals surface area contributed by atoms with Crippen LogP contribution in [0.15, 0.2) is 30.3 Å². The van der Waals surface area contributed by atoms with Crippen LogP contribution in [0.5, 0.6) is 0 Å². The number of carbonyl (C=O) groups excluding carboxylic acids is 1. The zero-order valence-electron chi connectivity index (χ0n) is 8.08. The van der Waals surface area contributed by atoms with Gasteiger partial charge < -0.3 is 12.9 Å². The van der Waals surface area contributed by atoms with Gasteiger partial charge in [-0.1, -0.05) is 30.3 Å². The fourth-order valence-electron chi connectivity index (χ4n) is 1.04.